The van der Waals surface area contributed by atoms with Crippen LogP contribution in [0.25, 0.3) is 0 Å². The van der Waals surface area contributed by atoms with Gasteiger partial charge in [-0.1, -0.05) is 20.8 Å². The van der Waals surface area contributed by atoms with E-state index in [-0.39, 0.29) is 11.5 Å². The standard InChI is InChI=1S/C12H17IN2O2/c1-12(2,3)10-9-6-8(13)7-14(9)4-5-15(10)11(16)17/h6-7,10H,4-5H2,1-3H3,(H,16,17). The Kier molecular flexibility index (Phi) is 3.14. The topological polar surface area (TPSA) is 45.5 Å². The highest BCUT2D eigenvalue weighted by Crippen LogP contribution is 2.40. The third kappa shape index (κ3) is 2.29. The predicted octanol–water partition coefficient (Wildman–Crippen LogP) is 3.17. The van der Waals surface area contributed by atoms with Gasteiger partial charge in [0, 0.05) is 28.6 Å². The van der Waals surface area contributed by atoms with E-state index in [9.17, 15) is 9.90 Å². The fraction of sp³-hybridized carbons (Fsp3) is 0.583. The summed E-state index contributed by atoms with van der Waals surface area (Å²) in [6.45, 7) is 7.57. The normalized spacial score (nSPS) is 20.2. The van der Waals surface area contributed by atoms with Crippen molar-refractivity contribution in [3.8, 4) is 0 Å². The van der Waals surface area contributed by atoms with Crippen LogP contribution < -0.4 is 0 Å². The monoisotopic (exact) mass is 348 g/mol. The molecule has 1 amide bonds. The fourth-order valence-electron chi connectivity index (χ4n) is 2.54. The first-order valence-electron chi connectivity index (χ1n) is 5.66. The third-order valence-electron chi connectivity index (χ3n) is 3.14. The van der Waals surface area contributed by atoms with Crippen LogP contribution in [0.2, 0.25) is 0 Å². The molecule has 1 aromatic heterocycles. The highest BCUT2D eigenvalue weighted by molar-refractivity contribution is 14.1. The number of carboxylic acid groups (broad SMARTS) is 1. The van der Waals surface area contributed by atoms with Gasteiger partial charge in [-0.05, 0) is 34.1 Å². The van der Waals surface area contributed by atoms with E-state index < -0.39 is 6.09 Å². The van der Waals surface area contributed by atoms with Crippen molar-refractivity contribution in [1.29, 1.82) is 0 Å². The maximum Gasteiger partial charge on any atom is 0.407 e. The van der Waals surface area contributed by atoms with Gasteiger partial charge in [0.2, 0.25) is 0 Å². The molecule has 1 atom stereocenters. The van der Waals surface area contributed by atoms with Gasteiger partial charge in [0.05, 0.1) is 6.04 Å². The second-order valence-corrected chi connectivity index (χ2v) is 6.77. The van der Waals surface area contributed by atoms with Crippen LogP contribution in [0.1, 0.15) is 32.5 Å². The lowest BCUT2D eigenvalue weighted by Gasteiger charge is -2.42. The molecule has 1 aliphatic heterocycles. The summed E-state index contributed by atoms with van der Waals surface area (Å²) in [6, 6.07) is 2.02. The van der Waals surface area contributed by atoms with E-state index in [4.69, 9.17) is 0 Å². The zero-order chi connectivity index (χ0) is 12.8. The van der Waals surface area contributed by atoms with Crippen molar-refractivity contribution in [3.63, 3.8) is 0 Å². The van der Waals surface area contributed by atoms with E-state index in [1.165, 1.54) is 3.57 Å². The van der Waals surface area contributed by atoms with Gasteiger partial charge in [0.15, 0.2) is 0 Å². The van der Waals surface area contributed by atoms with Crippen LogP contribution in [0.5, 0.6) is 0 Å². The van der Waals surface area contributed by atoms with Gasteiger partial charge < -0.3 is 9.67 Å². The first kappa shape index (κ1) is 12.7. The number of rotatable bonds is 0. The zero-order valence-electron chi connectivity index (χ0n) is 10.3. The molecule has 1 unspecified atom stereocenters. The molecular formula is C12H17IN2O2. The maximum absolute atomic E-state index is 11.3. The Labute approximate surface area is 115 Å². The Balaban J connectivity index is 2.49. The second-order valence-electron chi connectivity index (χ2n) is 5.52. The summed E-state index contributed by atoms with van der Waals surface area (Å²) in [5.74, 6) is 0. The number of amides is 1. The maximum atomic E-state index is 11.3. The zero-order valence-corrected chi connectivity index (χ0v) is 12.4. The van der Waals surface area contributed by atoms with Crippen LogP contribution in [0.3, 0.4) is 0 Å². The van der Waals surface area contributed by atoms with E-state index in [2.05, 4.69) is 60.2 Å². The molecule has 2 heterocycles. The predicted molar refractivity (Wildman–Crippen MR) is 74.1 cm³/mol. The minimum atomic E-state index is -0.826. The first-order valence-corrected chi connectivity index (χ1v) is 6.73. The SMILES string of the molecule is CC(C)(C)C1c2cc(I)cn2CCN1C(=O)O. The first-order chi connectivity index (χ1) is 7.80. The van der Waals surface area contributed by atoms with Crippen LogP contribution in [-0.4, -0.2) is 27.2 Å². The average Bonchev–Trinajstić information content (AvgIpc) is 2.53. The third-order valence-corrected chi connectivity index (χ3v) is 3.73. The van der Waals surface area contributed by atoms with E-state index in [1.807, 2.05) is 0 Å². The second kappa shape index (κ2) is 4.19. The van der Waals surface area contributed by atoms with Gasteiger partial charge >= 0.3 is 6.09 Å². The lowest BCUT2D eigenvalue weighted by Crippen LogP contribution is -2.46. The van der Waals surface area contributed by atoms with E-state index in [1.54, 1.807) is 4.90 Å². The molecule has 0 saturated carbocycles. The lowest BCUT2D eigenvalue weighted by atomic mass is 9.83. The molecular weight excluding hydrogens is 331 g/mol. The Morgan fingerprint density at radius 3 is 2.65 bits per heavy atom. The molecule has 0 aromatic carbocycles. The van der Waals surface area contributed by atoms with Crippen molar-refractivity contribution < 1.29 is 9.90 Å². The number of fused-ring (bicyclic) bond motifs is 1. The summed E-state index contributed by atoms with van der Waals surface area (Å²) >= 11 is 2.28. The summed E-state index contributed by atoms with van der Waals surface area (Å²) < 4.78 is 3.34. The van der Waals surface area contributed by atoms with Crippen molar-refractivity contribution in [1.82, 2.24) is 9.47 Å². The smallest absolute Gasteiger partial charge is 0.407 e. The Morgan fingerprint density at radius 1 is 1.47 bits per heavy atom. The minimum Gasteiger partial charge on any atom is -0.465 e. The summed E-state index contributed by atoms with van der Waals surface area (Å²) in [6.07, 6.45) is 1.26. The molecule has 0 aliphatic carbocycles. The molecule has 1 N–H and O–H groups in total. The molecule has 4 nitrogen and oxygen atoms in total. The fourth-order valence-corrected chi connectivity index (χ4v) is 3.19. The Hall–Kier alpha value is -0.720. The van der Waals surface area contributed by atoms with Gasteiger partial charge in [0.1, 0.15) is 0 Å². The van der Waals surface area contributed by atoms with E-state index >= 15 is 0 Å². The number of halogens is 1. The molecule has 0 saturated heterocycles. The molecule has 0 fully saturated rings. The molecule has 17 heavy (non-hydrogen) atoms. The molecule has 0 bridgehead atoms. The summed E-state index contributed by atoms with van der Waals surface area (Å²) in [4.78, 5) is 12.9. The van der Waals surface area contributed by atoms with Crippen molar-refractivity contribution in [3.05, 3.63) is 21.5 Å². The minimum absolute atomic E-state index is 0.0720. The Bertz CT molecular complexity index is 448. The van der Waals surface area contributed by atoms with Crippen LogP contribution >= 0.6 is 22.6 Å². The number of aromatic nitrogens is 1. The van der Waals surface area contributed by atoms with Gasteiger partial charge in [-0.15, -0.1) is 0 Å². The lowest BCUT2D eigenvalue weighted by molar-refractivity contribution is 0.0632. The van der Waals surface area contributed by atoms with Crippen LogP contribution in [0.15, 0.2) is 12.3 Å². The highest BCUT2D eigenvalue weighted by atomic mass is 127. The molecule has 1 aromatic rings. The number of carbonyl (C=O) groups is 1. The van der Waals surface area contributed by atoms with Gasteiger partial charge in [-0.25, -0.2) is 4.79 Å². The van der Waals surface area contributed by atoms with Gasteiger partial charge in [0.25, 0.3) is 0 Å². The van der Waals surface area contributed by atoms with Crippen molar-refractivity contribution in [2.75, 3.05) is 6.54 Å². The largest absolute Gasteiger partial charge is 0.465 e. The van der Waals surface area contributed by atoms with Gasteiger partial charge in [-0.2, -0.15) is 0 Å². The molecule has 0 radical (unpaired) electrons. The van der Waals surface area contributed by atoms with Crippen LogP contribution in [-0.2, 0) is 6.54 Å². The quantitative estimate of drug-likeness (QED) is 0.732. The summed E-state index contributed by atoms with van der Waals surface area (Å²) in [5, 5.41) is 9.32. The summed E-state index contributed by atoms with van der Waals surface area (Å²) in [5.41, 5.74) is 1.01. The Morgan fingerprint density at radius 2 is 2.12 bits per heavy atom. The number of hydrogen-bond donors (Lipinski definition) is 1. The molecule has 94 valence electrons. The van der Waals surface area contributed by atoms with Crippen LogP contribution in [0, 0.1) is 8.99 Å². The highest BCUT2D eigenvalue weighted by Gasteiger charge is 2.39. The van der Waals surface area contributed by atoms with Crippen molar-refractivity contribution in [2.45, 2.75) is 33.4 Å². The summed E-state index contributed by atoms with van der Waals surface area (Å²) in [7, 11) is 0. The van der Waals surface area contributed by atoms with Crippen LogP contribution in [0.4, 0.5) is 4.79 Å². The molecule has 2 rings (SSSR count). The van der Waals surface area contributed by atoms with E-state index in [0.717, 1.165) is 12.2 Å². The number of nitrogens with zero attached hydrogens (tertiary/aromatic N) is 2. The van der Waals surface area contributed by atoms with E-state index in [0.29, 0.717) is 6.54 Å². The van der Waals surface area contributed by atoms with Crippen molar-refractivity contribution >= 4 is 28.7 Å². The molecule has 1 aliphatic rings. The number of hydrogen-bond acceptors (Lipinski definition) is 1. The van der Waals surface area contributed by atoms with Crippen molar-refractivity contribution in [2.24, 2.45) is 5.41 Å². The molecule has 0 spiro atoms. The molecule has 5 heteroatoms. The average molecular weight is 348 g/mol. The van der Waals surface area contributed by atoms with Gasteiger partial charge in [-0.3, -0.25) is 4.90 Å².